The highest BCUT2D eigenvalue weighted by Crippen LogP contribution is 2.37. The first-order valence-corrected chi connectivity index (χ1v) is 9.40. The van der Waals surface area contributed by atoms with Crippen LogP contribution in [-0.2, 0) is 15.9 Å². The molecular formula is C19H24BNO4S. The third-order valence-electron chi connectivity index (χ3n) is 4.97. The molecule has 1 saturated heterocycles. The van der Waals surface area contributed by atoms with Gasteiger partial charge >= 0.3 is 7.12 Å². The molecule has 0 bridgehead atoms. The molecule has 3 rings (SSSR count). The quantitative estimate of drug-likeness (QED) is 0.819. The van der Waals surface area contributed by atoms with E-state index < -0.39 is 18.3 Å². The molecular weight excluding hydrogens is 349 g/mol. The molecule has 1 fully saturated rings. The van der Waals surface area contributed by atoms with Gasteiger partial charge in [-0.25, -0.2) is 0 Å². The Labute approximate surface area is 158 Å². The first-order chi connectivity index (χ1) is 12.2. The molecule has 2 heterocycles. The number of rotatable bonds is 5. The van der Waals surface area contributed by atoms with Crippen molar-refractivity contribution in [3.8, 4) is 5.75 Å². The van der Waals surface area contributed by atoms with Crippen LogP contribution >= 0.6 is 11.3 Å². The van der Waals surface area contributed by atoms with Gasteiger partial charge in [0, 0.05) is 16.9 Å². The second kappa shape index (κ2) is 7.06. The number of nitrogens with one attached hydrogen (secondary N) is 1. The van der Waals surface area contributed by atoms with Crippen LogP contribution in [0, 0.1) is 0 Å². The summed E-state index contributed by atoms with van der Waals surface area (Å²) in [5, 5.41) is 2.94. The molecule has 0 spiro atoms. The van der Waals surface area contributed by atoms with E-state index in [1.807, 2.05) is 64.1 Å². The van der Waals surface area contributed by atoms with Crippen LogP contribution in [-0.4, -0.2) is 31.3 Å². The fraction of sp³-hybridized carbons (Fsp3) is 0.421. The first kappa shape index (κ1) is 19.0. The number of amides is 1. The monoisotopic (exact) mass is 373 g/mol. The molecule has 2 aromatic rings. The van der Waals surface area contributed by atoms with Crippen molar-refractivity contribution in [3.05, 3.63) is 46.8 Å². The molecule has 0 atom stereocenters. The minimum Gasteiger partial charge on any atom is -0.496 e. The van der Waals surface area contributed by atoms with Gasteiger partial charge in [0.05, 0.1) is 23.2 Å². The summed E-state index contributed by atoms with van der Waals surface area (Å²) in [4.78, 5) is 13.1. The molecule has 1 N–H and O–H groups in total. The Bertz CT molecular complexity index is 786. The maximum atomic E-state index is 12.5. The van der Waals surface area contributed by atoms with Crippen LogP contribution in [0.2, 0.25) is 0 Å². The second-order valence-electron chi connectivity index (χ2n) is 7.28. The van der Waals surface area contributed by atoms with Crippen molar-refractivity contribution in [1.82, 2.24) is 5.32 Å². The second-order valence-corrected chi connectivity index (χ2v) is 8.40. The zero-order valence-electron chi connectivity index (χ0n) is 15.8. The molecule has 1 aliphatic heterocycles. The van der Waals surface area contributed by atoms with E-state index in [0.717, 1.165) is 16.1 Å². The molecule has 138 valence electrons. The maximum Gasteiger partial charge on any atom is 0.505 e. The predicted molar refractivity (Wildman–Crippen MR) is 104 cm³/mol. The van der Waals surface area contributed by atoms with E-state index in [4.69, 9.17) is 14.0 Å². The summed E-state index contributed by atoms with van der Waals surface area (Å²) in [6.45, 7) is 8.47. The summed E-state index contributed by atoms with van der Waals surface area (Å²) in [5.41, 5.74) is 0.146. The van der Waals surface area contributed by atoms with Gasteiger partial charge in [0.2, 0.25) is 0 Å². The van der Waals surface area contributed by atoms with Crippen molar-refractivity contribution < 1.29 is 18.8 Å². The largest absolute Gasteiger partial charge is 0.505 e. The van der Waals surface area contributed by atoms with E-state index in [9.17, 15) is 4.79 Å². The van der Waals surface area contributed by atoms with Crippen LogP contribution in [0.15, 0.2) is 36.4 Å². The van der Waals surface area contributed by atoms with Gasteiger partial charge in [0.1, 0.15) is 5.75 Å². The lowest BCUT2D eigenvalue weighted by atomic mass is 9.88. The highest BCUT2D eigenvalue weighted by atomic mass is 32.1. The average Bonchev–Trinajstić information content (AvgIpc) is 3.16. The van der Waals surface area contributed by atoms with Crippen LogP contribution in [0.5, 0.6) is 5.75 Å². The van der Waals surface area contributed by atoms with E-state index in [1.165, 1.54) is 11.3 Å². The summed E-state index contributed by atoms with van der Waals surface area (Å²) in [7, 11) is 1.18. The van der Waals surface area contributed by atoms with E-state index in [0.29, 0.717) is 11.4 Å². The zero-order valence-corrected chi connectivity index (χ0v) is 16.6. The number of carbonyl (C=O) groups is 1. The van der Waals surface area contributed by atoms with Crippen molar-refractivity contribution in [2.24, 2.45) is 0 Å². The van der Waals surface area contributed by atoms with Gasteiger partial charge in [-0.3, -0.25) is 4.79 Å². The standard InChI is InChI=1S/C19H24BNO4S/c1-18(2)19(3,4)25-20(24-18)16-11-10-15(26-16)17(22)21-12-13-8-6-7-9-14(13)23-5/h6-11H,12H2,1-5H3,(H,21,22). The van der Waals surface area contributed by atoms with Crippen molar-refractivity contribution in [3.63, 3.8) is 0 Å². The average molecular weight is 373 g/mol. The third kappa shape index (κ3) is 3.65. The Morgan fingerprint density at radius 1 is 1.12 bits per heavy atom. The molecule has 0 saturated carbocycles. The first-order valence-electron chi connectivity index (χ1n) is 8.59. The van der Waals surface area contributed by atoms with Gasteiger partial charge < -0.3 is 19.4 Å². The summed E-state index contributed by atoms with van der Waals surface area (Å²) < 4.78 is 18.3. The Kier molecular flexibility index (Phi) is 5.15. The minimum atomic E-state index is -0.444. The fourth-order valence-electron chi connectivity index (χ4n) is 2.67. The maximum absolute atomic E-state index is 12.5. The highest BCUT2D eigenvalue weighted by Gasteiger charge is 2.52. The van der Waals surface area contributed by atoms with Gasteiger partial charge in [-0.1, -0.05) is 24.3 Å². The number of benzene rings is 1. The Balaban J connectivity index is 1.66. The summed E-state index contributed by atoms with van der Waals surface area (Å²) in [6, 6.07) is 11.3. The van der Waals surface area contributed by atoms with Gasteiger partial charge in [-0.2, -0.15) is 0 Å². The van der Waals surface area contributed by atoms with Crippen LogP contribution in [0.4, 0.5) is 0 Å². The SMILES string of the molecule is COc1ccccc1CNC(=O)c1ccc(B2OC(C)(C)C(C)(C)O2)s1. The Morgan fingerprint density at radius 2 is 1.77 bits per heavy atom. The van der Waals surface area contributed by atoms with E-state index in [1.54, 1.807) is 7.11 Å². The summed E-state index contributed by atoms with van der Waals surface area (Å²) in [5.74, 6) is 0.639. The van der Waals surface area contributed by atoms with Crippen molar-refractivity contribution in [1.29, 1.82) is 0 Å². The number of hydrogen-bond acceptors (Lipinski definition) is 5. The Morgan fingerprint density at radius 3 is 2.42 bits per heavy atom. The molecule has 1 aromatic heterocycles. The highest BCUT2D eigenvalue weighted by molar-refractivity contribution is 7.23. The lowest BCUT2D eigenvalue weighted by Gasteiger charge is -2.32. The molecule has 1 amide bonds. The molecule has 1 aliphatic rings. The van der Waals surface area contributed by atoms with Crippen LogP contribution in [0.3, 0.4) is 0 Å². The molecule has 1 aromatic carbocycles. The smallest absolute Gasteiger partial charge is 0.496 e. The minimum absolute atomic E-state index is 0.122. The van der Waals surface area contributed by atoms with Gasteiger partial charge in [0.15, 0.2) is 0 Å². The lowest BCUT2D eigenvalue weighted by Crippen LogP contribution is -2.41. The molecule has 0 unspecified atom stereocenters. The van der Waals surface area contributed by atoms with Crippen molar-refractivity contribution in [2.45, 2.75) is 45.4 Å². The van der Waals surface area contributed by atoms with Crippen molar-refractivity contribution >= 4 is 29.1 Å². The van der Waals surface area contributed by atoms with Crippen LogP contribution < -0.4 is 14.8 Å². The topological polar surface area (TPSA) is 56.8 Å². The van der Waals surface area contributed by atoms with Crippen LogP contribution in [0.1, 0.15) is 42.9 Å². The summed E-state index contributed by atoms with van der Waals surface area (Å²) in [6.07, 6.45) is 0. The zero-order chi connectivity index (χ0) is 18.9. The number of methoxy groups -OCH3 is 1. The van der Waals surface area contributed by atoms with E-state index >= 15 is 0 Å². The molecule has 26 heavy (non-hydrogen) atoms. The lowest BCUT2D eigenvalue weighted by molar-refractivity contribution is 0.00578. The van der Waals surface area contributed by atoms with Crippen LogP contribution in [0.25, 0.3) is 0 Å². The number of carbonyl (C=O) groups excluding carboxylic acids is 1. The van der Waals surface area contributed by atoms with Gasteiger partial charge in [-0.15, -0.1) is 11.3 Å². The normalized spacial score (nSPS) is 18.0. The Hall–Kier alpha value is -1.83. The molecule has 5 nitrogen and oxygen atoms in total. The van der Waals surface area contributed by atoms with Gasteiger partial charge in [0.25, 0.3) is 5.91 Å². The van der Waals surface area contributed by atoms with Crippen molar-refractivity contribution in [2.75, 3.05) is 7.11 Å². The van der Waals surface area contributed by atoms with Gasteiger partial charge in [-0.05, 0) is 39.8 Å². The molecule has 0 aliphatic carbocycles. The molecule has 0 radical (unpaired) electrons. The number of thiophene rings is 1. The summed E-state index contributed by atoms with van der Waals surface area (Å²) >= 11 is 1.39. The number of hydrogen-bond donors (Lipinski definition) is 1. The predicted octanol–water partition coefficient (Wildman–Crippen LogP) is 2.99. The number of ether oxygens (including phenoxy) is 1. The number of para-hydroxylation sites is 1. The fourth-order valence-corrected chi connectivity index (χ4v) is 3.56. The molecule has 7 heteroatoms. The van der Waals surface area contributed by atoms with E-state index in [-0.39, 0.29) is 5.91 Å². The van der Waals surface area contributed by atoms with E-state index in [2.05, 4.69) is 5.32 Å². The third-order valence-corrected chi connectivity index (χ3v) is 6.07.